The molecule has 0 amide bonds. The van der Waals surface area contributed by atoms with Crippen molar-refractivity contribution < 1.29 is 23.8 Å². The van der Waals surface area contributed by atoms with Gasteiger partial charge in [-0.3, -0.25) is 0 Å². The number of aromatic hydroxyl groups is 1. The van der Waals surface area contributed by atoms with E-state index in [9.17, 15) is 14.3 Å². The number of nitrogens with zero attached hydrogens (tertiary/aromatic N) is 1. The van der Waals surface area contributed by atoms with Gasteiger partial charge >= 0.3 is 5.97 Å². The lowest BCUT2D eigenvalue weighted by Gasteiger charge is -2.06. The van der Waals surface area contributed by atoms with Crippen molar-refractivity contribution in [3.05, 3.63) is 51.6 Å². The van der Waals surface area contributed by atoms with Crippen LogP contribution in [0.1, 0.15) is 21.6 Å². The van der Waals surface area contributed by atoms with Gasteiger partial charge in [-0.15, -0.1) is 0 Å². The van der Waals surface area contributed by atoms with Gasteiger partial charge in [-0.25, -0.2) is 14.2 Å². The maximum atomic E-state index is 14.4. The molecule has 0 radical (unpaired) electrons. The van der Waals surface area contributed by atoms with Crippen LogP contribution in [-0.4, -0.2) is 30.3 Å². The monoisotopic (exact) mass is 381 g/mol. The van der Waals surface area contributed by atoms with Crippen molar-refractivity contribution in [3.8, 4) is 11.6 Å². The van der Waals surface area contributed by atoms with E-state index in [1.807, 2.05) is 0 Å². The van der Waals surface area contributed by atoms with Gasteiger partial charge in [0.25, 0.3) is 0 Å². The number of rotatable bonds is 4. The van der Waals surface area contributed by atoms with E-state index in [-0.39, 0.29) is 28.5 Å². The highest BCUT2D eigenvalue weighted by molar-refractivity contribution is 9.10. The number of pyridine rings is 1. The summed E-state index contributed by atoms with van der Waals surface area (Å²) in [6, 6.07) is 7.24. The van der Waals surface area contributed by atoms with E-state index in [0.29, 0.717) is 4.47 Å². The van der Waals surface area contributed by atoms with Crippen molar-refractivity contribution in [1.29, 1.82) is 0 Å². The molecule has 0 atom stereocenters. The maximum Gasteiger partial charge on any atom is 0.337 e. The molecule has 0 saturated heterocycles. The summed E-state index contributed by atoms with van der Waals surface area (Å²) in [6.07, 6.45) is 1.11. The van der Waals surface area contributed by atoms with Gasteiger partial charge in [-0.1, -0.05) is 6.07 Å². The number of phenolic OH excluding ortho intramolecular Hbond substituents is 1. The Balaban J connectivity index is 2.40. The van der Waals surface area contributed by atoms with Crippen molar-refractivity contribution in [1.82, 2.24) is 4.98 Å². The third-order valence-electron chi connectivity index (χ3n) is 2.99. The van der Waals surface area contributed by atoms with Gasteiger partial charge in [0.1, 0.15) is 11.4 Å². The zero-order valence-corrected chi connectivity index (χ0v) is 13.9. The average Bonchev–Trinajstić information content (AvgIpc) is 2.56. The second kappa shape index (κ2) is 7.23. The fourth-order valence-electron chi connectivity index (χ4n) is 1.82. The third kappa shape index (κ3) is 3.87. The summed E-state index contributed by atoms with van der Waals surface area (Å²) in [4.78, 5) is 15.4. The number of hydrogen-bond acceptors (Lipinski definition) is 5. The molecule has 0 aliphatic carbocycles. The second-order valence-corrected chi connectivity index (χ2v) is 5.30. The Morgan fingerprint density at radius 3 is 2.65 bits per heavy atom. The number of phenols is 1. The average molecular weight is 382 g/mol. The van der Waals surface area contributed by atoms with E-state index in [0.717, 1.165) is 6.08 Å². The molecular formula is C16H13BrFNO4. The van der Waals surface area contributed by atoms with E-state index in [1.165, 1.54) is 32.4 Å². The number of benzene rings is 1. The van der Waals surface area contributed by atoms with Gasteiger partial charge in [-0.05, 0) is 40.2 Å². The standard InChI is InChI=1S/C16H13BrFNO4/c1-22-14-6-5-11(17)15(19-14)12(18)7-9-3-4-10(8-13(9)20)16(21)23-2/h3-8,20H,1-2H3. The van der Waals surface area contributed by atoms with Crippen LogP contribution in [0.25, 0.3) is 11.9 Å². The molecule has 1 aromatic carbocycles. The Labute approximate surface area is 140 Å². The van der Waals surface area contributed by atoms with Crippen molar-refractivity contribution >= 4 is 33.8 Å². The van der Waals surface area contributed by atoms with Gasteiger partial charge in [0.2, 0.25) is 5.88 Å². The quantitative estimate of drug-likeness (QED) is 0.815. The Morgan fingerprint density at radius 1 is 1.30 bits per heavy atom. The number of ether oxygens (including phenoxy) is 2. The number of halogens is 2. The second-order valence-electron chi connectivity index (χ2n) is 4.44. The molecule has 1 N–H and O–H groups in total. The van der Waals surface area contributed by atoms with Crippen molar-refractivity contribution in [2.45, 2.75) is 0 Å². The highest BCUT2D eigenvalue weighted by Gasteiger charge is 2.12. The summed E-state index contributed by atoms with van der Waals surface area (Å²) >= 11 is 3.21. The molecule has 7 heteroatoms. The number of carbonyl (C=O) groups is 1. The van der Waals surface area contributed by atoms with Crippen LogP contribution >= 0.6 is 15.9 Å². The van der Waals surface area contributed by atoms with Gasteiger partial charge in [0.15, 0.2) is 5.83 Å². The molecule has 1 heterocycles. The summed E-state index contributed by atoms with van der Waals surface area (Å²) in [7, 11) is 2.66. The molecule has 2 aromatic rings. The normalized spacial score (nSPS) is 11.2. The first-order valence-electron chi connectivity index (χ1n) is 6.45. The first kappa shape index (κ1) is 17.0. The molecule has 23 heavy (non-hydrogen) atoms. The van der Waals surface area contributed by atoms with Gasteiger partial charge < -0.3 is 14.6 Å². The lowest BCUT2D eigenvalue weighted by Crippen LogP contribution is -2.00. The molecule has 0 saturated carbocycles. The van der Waals surface area contributed by atoms with Crippen LogP contribution in [0.2, 0.25) is 0 Å². The zero-order chi connectivity index (χ0) is 17.0. The van der Waals surface area contributed by atoms with Gasteiger partial charge in [-0.2, -0.15) is 0 Å². The van der Waals surface area contributed by atoms with Crippen LogP contribution in [0.3, 0.4) is 0 Å². The molecule has 120 valence electrons. The summed E-state index contributed by atoms with van der Waals surface area (Å²) < 4.78 is 24.4. The third-order valence-corrected chi connectivity index (χ3v) is 3.63. The SMILES string of the molecule is COC(=O)c1ccc(C=C(F)c2nc(OC)ccc2Br)c(O)c1. The molecule has 0 unspecified atom stereocenters. The lowest BCUT2D eigenvalue weighted by molar-refractivity contribution is 0.0600. The smallest absolute Gasteiger partial charge is 0.337 e. The number of carbonyl (C=O) groups excluding carboxylic acids is 1. The maximum absolute atomic E-state index is 14.4. The molecule has 0 aliphatic heterocycles. The number of esters is 1. The van der Waals surface area contributed by atoms with Crippen LogP contribution < -0.4 is 4.74 Å². The Kier molecular flexibility index (Phi) is 5.33. The molecular weight excluding hydrogens is 369 g/mol. The molecule has 5 nitrogen and oxygen atoms in total. The molecule has 0 aliphatic rings. The van der Waals surface area contributed by atoms with Crippen molar-refractivity contribution in [3.63, 3.8) is 0 Å². The van der Waals surface area contributed by atoms with Crippen LogP contribution in [-0.2, 0) is 4.74 Å². The lowest BCUT2D eigenvalue weighted by atomic mass is 10.1. The minimum absolute atomic E-state index is 0.0424. The van der Waals surface area contributed by atoms with E-state index in [2.05, 4.69) is 25.7 Å². The fraction of sp³-hybridized carbons (Fsp3) is 0.125. The Hall–Kier alpha value is -2.41. The minimum atomic E-state index is -0.670. The predicted octanol–water partition coefficient (Wildman–Crippen LogP) is 3.81. The van der Waals surface area contributed by atoms with E-state index < -0.39 is 11.8 Å². The fourth-order valence-corrected chi connectivity index (χ4v) is 2.23. The van der Waals surface area contributed by atoms with E-state index in [1.54, 1.807) is 12.1 Å². The molecule has 1 aromatic heterocycles. The Bertz CT molecular complexity index is 777. The number of methoxy groups -OCH3 is 2. The summed E-state index contributed by atoms with van der Waals surface area (Å²) in [5.74, 6) is -1.25. The van der Waals surface area contributed by atoms with Crippen molar-refractivity contribution in [2.24, 2.45) is 0 Å². The van der Waals surface area contributed by atoms with E-state index >= 15 is 0 Å². The first-order valence-corrected chi connectivity index (χ1v) is 7.25. The van der Waals surface area contributed by atoms with Gasteiger partial charge in [0.05, 0.1) is 19.8 Å². The van der Waals surface area contributed by atoms with Crippen LogP contribution in [0.5, 0.6) is 11.6 Å². The zero-order valence-electron chi connectivity index (χ0n) is 12.3. The molecule has 2 rings (SSSR count). The van der Waals surface area contributed by atoms with Crippen LogP contribution in [0, 0.1) is 0 Å². The topological polar surface area (TPSA) is 68.7 Å². The summed E-state index contributed by atoms with van der Waals surface area (Å²) in [6.45, 7) is 0. The van der Waals surface area contributed by atoms with Crippen LogP contribution in [0.15, 0.2) is 34.8 Å². The highest BCUT2D eigenvalue weighted by atomic mass is 79.9. The molecule has 0 fully saturated rings. The number of hydrogen-bond donors (Lipinski definition) is 1. The predicted molar refractivity (Wildman–Crippen MR) is 86.9 cm³/mol. The number of aromatic nitrogens is 1. The van der Waals surface area contributed by atoms with Crippen LogP contribution in [0.4, 0.5) is 4.39 Å². The first-order chi connectivity index (χ1) is 11.0. The summed E-state index contributed by atoms with van der Waals surface area (Å²) in [5.41, 5.74) is 0.413. The Morgan fingerprint density at radius 2 is 2.04 bits per heavy atom. The van der Waals surface area contributed by atoms with Crippen molar-refractivity contribution in [2.75, 3.05) is 14.2 Å². The van der Waals surface area contributed by atoms with E-state index in [4.69, 9.17) is 4.74 Å². The largest absolute Gasteiger partial charge is 0.507 e. The molecule has 0 spiro atoms. The van der Waals surface area contributed by atoms with Gasteiger partial charge in [0, 0.05) is 16.1 Å². The highest BCUT2D eigenvalue weighted by Crippen LogP contribution is 2.30. The summed E-state index contributed by atoms with van der Waals surface area (Å²) in [5, 5.41) is 9.93. The minimum Gasteiger partial charge on any atom is -0.507 e. The molecule has 0 bridgehead atoms.